The average molecular weight is 210 g/mol. The molecule has 0 spiro atoms. The summed E-state index contributed by atoms with van der Waals surface area (Å²) in [7, 11) is 0. The molecule has 0 saturated heterocycles. The van der Waals surface area contributed by atoms with Crippen LogP contribution in [0.5, 0.6) is 0 Å². The maximum absolute atomic E-state index is 9.95. The molecule has 0 atom stereocenters. The van der Waals surface area contributed by atoms with Gasteiger partial charge in [0.05, 0.1) is 11.1 Å². The zero-order valence-corrected chi connectivity index (χ0v) is 9.57. The second-order valence-electron chi connectivity index (χ2n) is 4.60. The van der Waals surface area contributed by atoms with Crippen molar-refractivity contribution < 1.29 is 5.11 Å². The lowest BCUT2D eigenvalue weighted by Gasteiger charge is -2.38. The number of rotatable bonds is 3. The molecule has 0 bridgehead atoms. The fraction of sp³-hybridized carbons (Fsp3) is 0.600. The lowest BCUT2D eigenvalue weighted by molar-refractivity contribution is 0.0239. The van der Waals surface area contributed by atoms with E-state index in [0.29, 0.717) is 11.6 Å². The third-order valence-electron chi connectivity index (χ3n) is 2.69. The van der Waals surface area contributed by atoms with Gasteiger partial charge in [0.15, 0.2) is 11.6 Å². The van der Waals surface area contributed by atoms with E-state index in [0.717, 1.165) is 0 Å². The number of nitrogens with one attached hydrogen (secondary N) is 1. The van der Waals surface area contributed by atoms with Gasteiger partial charge in [0, 0.05) is 12.4 Å². The Morgan fingerprint density at radius 3 is 2.20 bits per heavy atom. The van der Waals surface area contributed by atoms with Crippen LogP contribution in [0.4, 0.5) is 11.6 Å². The molecule has 0 unspecified atom stereocenters. The van der Waals surface area contributed by atoms with Crippen molar-refractivity contribution in [3.63, 3.8) is 0 Å². The Labute approximate surface area is 89.7 Å². The molecule has 4 N–H and O–H groups in total. The molecule has 1 rings (SSSR count). The van der Waals surface area contributed by atoms with Crippen molar-refractivity contribution in [1.82, 2.24) is 9.97 Å². The van der Waals surface area contributed by atoms with Crippen molar-refractivity contribution >= 4 is 11.6 Å². The second-order valence-corrected chi connectivity index (χ2v) is 4.60. The molecule has 0 saturated carbocycles. The molecule has 5 heteroatoms. The van der Waals surface area contributed by atoms with Gasteiger partial charge in [0.2, 0.25) is 0 Å². The molecule has 0 aliphatic heterocycles. The van der Waals surface area contributed by atoms with Crippen molar-refractivity contribution in [1.29, 1.82) is 0 Å². The van der Waals surface area contributed by atoms with Crippen LogP contribution in [-0.4, -0.2) is 26.2 Å². The van der Waals surface area contributed by atoms with Crippen LogP contribution in [0.1, 0.15) is 27.7 Å². The number of aromatic nitrogens is 2. The topological polar surface area (TPSA) is 84.1 Å². The van der Waals surface area contributed by atoms with E-state index in [2.05, 4.69) is 15.3 Å². The van der Waals surface area contributed by atoms with Gasteiger partial charge in [-0.05, 0) is 27.7 Å². The number of aliphatic hydroxyl groups is 1. The number of anilines is 2. The summed E-state index contributed by atoms with van der Waals surface area (Å²) in [5, 5.41) is 13.0. The molecule has 15 heavy (non-hydrogen) atoms. The number of nitrogens with two attached hydrogens (primary N) is 1. The van der Waals surface area contributed by atoms with Gasteiger partial charge in [-0.25, -0.2) is 9.97 Å². The summed E-state index contributed by atoms with van der Waals surface area (Å²) in [6, 6.07) is 0. The van der Waals surface area contributed by atoms with Crippen molar-refractivity contribution in [3.8, 4) is 0 Å². The van der Waals surface area contributed by atoms with E-state index in [1.54, 1.807) is 20.0 Å². The first kappa shape index (κ1) is 11.7. The summed E-state index contributed by atoms with van der Waals surface area (Å²) in [6.07, 6.45) is 3.08. The predicted octanol–water partition coefficient (Wildman–Crippen LogP) is 1.02. The molecular formula is C10H18N4O. The van der Waals surface area contributed by atoms with Gasteiger partial charge in [-0.3, -0.25) is 0 Å². The van der Waals surface area contributed by atoms with Gasteiger partial charge < -0.3 is 16.2 Å². The van der Waals surface area contributed by atoms with Crippen molar-refractivity contribution in [3.05, 3.63) is 12.4 Å². The second kappa shape index (κ2) is 3.66. The van der Waals surface area contributed by atoms with Crippen LogP contribution in [0, 0.1) is 0 Å². The molecule has 1 heterocycles. The van der Waals surface area contributed by atoms with Gasteiger partial charge in [0.1, 0.15) is 0 Å². The highest BCUT2D eigenvalue weighted by Crippen LogP contribution is 2.26. The van der Waals surface area contributed by atoms with Crippen molar-refractivity contribution in [2.45, 2.75) is 38.8 Å². The predicted molar refractivity (Wildman–Crippen MR) is 60.4 cm³/mol. The maximum atomic E-state index is 9.95. The Bertz CT molecular complexity index is 344. The molecule has 1 aromatic rings. The number of hydrogen-bond acceptors (Lipinski definition) is 5. The third-order valence-corrected chi connectivity index (χ3v) is 2.69. The Morgan fingerprint density at radius 2 is 1.73 bits per heavy atom. The van der Waals surface area contributed by atoms with E-state index in [-0.39, 0.29) is 0 Å². The minimum absolute atomic E-state index is 0.329. The van der Waals surface area contributed by atoms with E-state index in [4.69, 9.17) is 5.73 Å². The first-order chi connectivity index (χ1) is 6.74. The first-order valence-corrected chi connectivity index (χ1v) is 4.81. The minimum atomic E-state index is -0.892. The van der Waals surface area contributed by atoms with Crippen LogP contribution in [0.15, 0.2) is 12.4 Å². The van der Waals surface area contributed by atoms with Gasteiger partial charge in [-0.1, -0.05) is 0 Å². The monoisotopic (exact) mass is 210 g/mol. The normalized spacial score (nSPS) is 12.6. The zero-order chi connectivity index (χ0) is 11.7. The molecule has 1 aromatic heterocycles. The molecule has 0 radical (unpaired) electrons. The largest absolute Gasteiger partial charge is 0.388 e. The summed E-state index contributed by atoms with van der Waals surface area (Å²) < 4.78 is 0. The highest BCUT2D eigenvalue weighted by molar-refractivity contribution is 5.56. The smallest absolute Gasteiger partial charge is 0.169 e. The lowest BCUT2D eigenvalue weighted by atomic mass is 9.86. The molecule has 0 amide bonds. The van der Waals surface area contributed by atoms with Gasteiger partial charge >= 0.3 is 0 Å². The summed E-state index contributed by atoms with van der Waals surface area (Å²) in [4.78, 5) is 7.98. The van der Waals surface area contributed by atoms with Gasteiger partial charge in [-0.2, -0.15) is 0 Å². The fourth-order valence-electron chi connectivity index (χ4n) is 0.894. The Balaban J connectivity index is 2.92. The van der Waals surface area contributed by atoms with Crippen LogP contribution in [-0.2, 0) is 0 Å². The van der Waals surface area contributed by atoms with E-state index in [9.17, 15) is 5.11 Å². The summed E-state index contributed by atoms with van der Waals surface area (Å²) in [5.74, 6) is 0.819. The number of nitrogens with zero attached hydrogens (tertiary/aromatic N) is 2. The Morgan fingerprint density at radius 1 is 1.20 bits per heavy atom. The molecule has 0 aromatic carbocycles. The SMILES string of the molecule is CC(C)(O)C(C)(C)Nc1nccnc1N. The standard InChI is InChI=1S/C10H18N4O/c1-9(2,10(3,4)15)14-8-7(11)12-5-6-13-8/h5-6,15H,1-4H3,(H2,11,12)(H,13,14). The van der Waals surface area contributed by atoms with Crippen LogP contribution in [0.3, 0.4) is 0 Å². The Hall–Kier alpha value is -1.36. The van der Waals surface area contributed by atoms with Crippen molar-refractivity contribution in [2.75, 3.05) is 11.1 Å². The summed E-state index contributed by atoms with van der Waals surface area (Å²) in [5.41, 5.74) is 4.22. The van der Waals surface area contributed by atoms with Gasteiger partial charge in [0.25, 0.3) is 0 Å². The number of hydrogen-bond donors (Lipinski definition) is 3. The summed E-state index contributed by atoms with van der Waals surface area (Å²) in [6.45, 7) is 7.21. The van der Waals surface area contributed by atoms with Crippen molar-refractivity contribution in [2.24, 2.45) is 0 Å². The Kier molecular flexibility index (Phi) is 2.86. The van der Waals surface area contributed by atoms with E-state index < -0.39 is 11.1 Å². The molecular weight excluding hydrogens is 192 g/mol. The highest BCUT2D eigenvalue weighted by Gasteiger charge is 2.35. The molecule has 0 aliphatic carbocycles. The lowest BCUT2D eigenvalue weighted by Crippen LogP contribution is -2.51. The van der Waals surface area contributed by atoms with E-state index in [1.807, 2.05) is 13.8 Å². The highest BCUT2D eigenvalue weighted by atomic mass is 16.3. The zero-order valence-electron chi connectivity index (χ0n) is 9.57. The molecule has 5 nitrogen and oxygen atoms in total. The first-order valence-electron chi connectivity index (χ1n) is 4.81. The van der Waals surface area contributed by atoms with Gasteiger partial charge in [-0.15, -0.1) is 0 Å². The molecule has 84 valence electrons. The van der Waals surface area contributed by atoms with E-state index >= 15 is 0 Å². The van der Waals surface area contributed by atoms with E-state index in [1.165, 1.54) is 6.20 Å². The van der Waals surface area contributed by atoms with Crippen LogP contribution < -0.4 is 11.1 Å². The van der Waals surface area contributed by atoms with Crippen LogP contribution in [0.2, 0.25) is 0 Å². The molecule has 0 aliphatic rings. The molecule has 0 fully saturated rings. The number of nitrogen functional groups attached to an aromatic ring is 1. The maximum Gasteiger partial charge on any atom is 0.169 e. The summed E-state index contributed by atoms with van der Waals surface area (Å²) >= 11 is 0. The third kappa shape index (κ3) is 2.56. The average Bonchev–Trinajstić information content (AvgIpc) is 2.06. The fourth-order valence-corrected chi connectivity index (χ4v) is 0.894. The van der Waals surface area contributed by atoms with Crippen LogP contribution in [0.25, 0.3) is 0 Å². The minimum Gasteiger partial charge on any atom is -0.388 e. The van der Waals surface area contributed by atoms with Crippen LogP contribution >= 0.6 is 0 Å². The quantitative estimate of drug-likeness (QED) is 0.693.